The second kappa shape index (κ2) is 5.08. The lowest BCUT2D eigenvalue weighted by Crippen LogP contribution is -1.98. The molecule has 0 saturated heterocycles. The van der Waals surface area contributed by atoms with Crippen LogP contribution < -0.4 is 5.73 Å². The molecule has 0 aliphatic carbocycles. The van der Waals surface area contributed by atoms with Gasteiger partial charge in [0.15, 0.2) is 5.82 Å². The first-order valence-corrected chi connectivity index (χ1v) is 7.12. The Balaban J connectivity index is 2.75. The molecular formula is C13H11ClFNOS. The fourth-order valence-electron chi connectivity index (χ4n) is 1.77. The van der Waals surface area contributed by atoms with E-state index < -0.39 is 16.6 Å². The van der Waals surface area contributed by atoms with E-state index in [1.54, 1.807) is 30.3 Å². The van der Waals surface area contributed by atoms with Gasteiger partial charge in [0.2, 0.25) is 0 Å². The molecule has 5 heteroatoms. The summed E-state index contributed by atoms with van der Waals surface area (Å²) in [6.45, 7) is 0. The molecule has 2 aromatic rings. The van der Waals surface area contributed by atoms with E-state index >= 15 is 0 Å². The summed E-state index contributed by atoms with van der Waals surface area (Å²) < 4.78 is 25.7. The van der Waals surface area contributed by atoms with Crippen LogP contribution in [0.3, 0.4) is 0 Å². The second-order valence-corrected chi connectivity index (χ2v) is 5.50. The number of anilines is 1. The van der Waals surface area contributed by atoms with E-state index in [0.29, 0.717) is 21.0 Å². The van der Waals surface area contributed by atoms with Gasteiger partial charge in [-0.3, -0.25) is 4.21 Å². The predicted molar refractivity (Wildman–Crippen MR) is 73.6 cm³/mol. The highest BCUT2D eigenvalue weighted by Crippen LogP contribution is 2.34. The monoisotopic (exact) mass is 283 g/mol. The third-order valence-corrected chi connectivity index (χ3v) is 4.01. The van der Waals surface area contributed by atoms with E-state index in [-0.39, 0.29) is 5.69 Å². The fourth-order valence-corrected chi connectivity index (χ4v) is 3.10. The summed E-state index contributed by atoms with van der Waals surface area (Å²) in [5, 5.41) is 0.357. The van der Waals surface area contributed by atoms with Crippen LogP contribution in [0, 0.1) is 5.82 Å². The van der Waals surface area contributed by atoms with Crippen LogP contribution in [-0.4, -0.2) is 10.5 Å². The van der Waals surface area contributed by atoms with Crippen molar-refractivity contribution >= 4 is 28.1 Å². The lowest BCUT2D eigenvalue weighted by atomic mass is 10.0. The van der Waals surface area contributed by atoms with Crippen LogP contribution in [0.1, 0.15) is 0 Å². The molecule has 0 spiro atoms. The minimum atomic E-state index is -1.31. The molecule has 0 aromatic heterocycles. The van der Waals surface area contributed by atoms with Crippen LogP contribution in [0.2, 0.25) is 5.02 Å². The summed E-state index contributed by atoms with van der Waals surface area (Å²) in [5.74, 6) is -0.522. The predicted octanol–water partition coefficient (Wildman–Crippen LogP) is 3.47. The molecule has 2 nitrogen and oxygen atoms in total. The topological polar surface area (TPSA) is 43.1 Å². The van der Waals surface area contributed by atoms with Crippen molar-refractivity contribution in [2.75, 3.05) is 12.0 Å². The summed E-state index contributed by atoms with van der Waals surface area (Å²) in [6.07, 6.45) is 1.51. The number of halogens is 2. The smallest absolute Gasteiger partial charge is 0.153 e. The van der Waals surface area contributed by atoms with Crippen molar-refractivity contribution in [1.82, 2.24) is 0 Å². The van der Waals surface area contributed by atoms with Crippen molar-refractivity contribution in [2.24, 2.45) is 0 Å². The van der Waals surface area contributed by atoms with E-state index in [1.165, 1.54) is 12.3 Å². The highest BCUT2D eigenvalue weighted by Gasteiger charge is 2.16. The quantitative estimate of drug-likeness (QED) is 0.858. The van der Waals surface area contributed by atoms with E-state index in [0.717, 1.165) is 0 Å². The number of nitrogen functional groups attached to an aromatic ring is 1. The first-order chi connectivity index (χ1) is 8.52. The van der Waals surface area contributed by atoms with Crippen molar-refractivity contribution in [3.8, 4) is 11.1 Å². The molecule has 2 rings (SSSR count). The molecule has 0 aliphatic rings. The fraction of sp³-hybridized carbons (Fsp3) is 0.0769. The maximum atomic E-state index is 14.0. The van der Waals surface area contributed by atoms with E-state index in [2.05, 4.69) is 0 Å². The summed E-state index contributed by atoms with van der Waals surface area (Å²) in [6, 6.07) is 9.72. The Morgan fingerprint density at radius 2 is 1.78 bits per heavy atom. The Hall–Kier alpha value is -1.39. The average molecular weight is 284 g/mol. The molecule has 0 heterocycles. The van der Waals surface area contributed by atoms with Gasteiger partial charge in [-0.25, -0.2) is 4.39 Å². The normalized spacial score (nSPS) is 12.4. The maximum absolute atomic E-state index is 14.0. The molecule has 2 N–H and O–H groups in total. The highest BCUT2D eigenvalue weighted by molar-refractivity contribution is 7.84. The van der Waals surface area contributed by atoms with Gasteiger partial charge in [-0.05, 0) is 12.1 Å². The van der Waals surface area contributed by atoms with Gasteiger partial charge in [-0.2, -0.15) is 0 Å². The molecule has 0 fully saturated rings. The zero-order valence-electron chi connectivity index (χ0n) is 9.61. The highest BCUT2D eigenvalue weighted by atomic mass is 35.5. The molecule has 0 bridgehead atoms. The molecule has 0 radical (unpaired) electrons. The largest absolute Gasteiger partial charge is 0.396 e. The number of benzene rings is 2. The van der Waals surface area contributed by atoms with Crippen molar-refractivity contribution in [3.05, 3.63) is 47.2 Å². The zero-order valence-corrected chi connectivity index (χ0v) is 11.2. The standard InChI is InChI=1S/C13H11ClFNOS/c1-18(17)13-9(5-2-6-10(13)14)8-4-3-7-11(16)12(8)15/h2-7H,16H2,1H3. The minimum absolute atomic E-state index is 0.0558. The number of hydrogen-bond acceptors (Lipinski definition) is 2. The van der Waals surface area contributed by atoms with Gasteiger partial charge in [-0.15, -0.1) is 0 Å². The van der Waals surface area contributed by atoms with Gasteiger partial charge in [0.25, 0.3) is 0 Å². The molecule has 1 atom stereocenters. The van der Waals surface area contributed by atoms with Crippen molar-refractivity contribution in [2.45, 2.75) is 4.90 Å². The Labute approximate surface area is 112 Å². The third kappa shape index (κ3) is 2.26. The number of nitrogens with two attached hydrogens (primary N) is 1. The Kier molecular flexibility index (Phi) is 3.68. The SMILES string of the molecule is CS(=O)c1c(Cl)cccc1-c1cccc(N)c1F. The van der Waals surface area contributed by atoms with Crippen LogP contribution in [0.25, 0.3) is 11.1 Å². The molecule has 0 saturated carbocycles. The molecular weight excluding hydrogens is 273 g/mol. The summed E-state index contributed by atoms with van der Waals surface area (Å²) in [4.78, 5) is 0.420. The molecule has 2 aromatic carbocycles. The van der Waals surface area contributed by atoms with Crippen LogP contribution >= 0.6 is 11.6 Å². The van der Waals surface area contributed by atoms with Crippen molar-refractivity contribution in [1.29, 1.82) is 0 Å². The lowest BCUT2D eigenvalue weighted by molar-refractivity contribution is 0.635. The summed E-state index contributed by atoms with van der Waals surface area (Å²) in [7, 11) is -1.31. The number of rotatable bonds is 2. The van der Waals surface area contributed by atoms with E-state index in [1.807, 2.05) is 0 Å². The molecule has 0 aliphatic heterocycles. The van der Waals surface area contributed by atoms with Gasteiger partial charge in [-0.1, -0.05) is 35.9 Å². The van der Waals surface area contributed by atoms with Gasteiger partial charge < -0.3 is 5.73 Å². The van der Waals surface area contributed by atoms with Crippen LogP contribution in [0.5, 0.6) is 0 Å². The Morgan fingerprint density at radius 3 is 2.44 bits per heavy atom. The van der Waals surface area contributed by atoms with Crippen molar-refractivity contribution < 1.29 is 8.60 Å². The second-order valence-electron chi connectivity index (χ2n) is 3.78. The van der Waals surface area contributed by atoms with E-state index in [9.17, 15) is 8.60 Å². The summed E-state index contributed by atoms with van der Waals surface area (Å²) >= 11 is 6.02. The number of hydrogen-bond donors (Lipinski definition) is 1. The van der Waals surface area contributed by atoms with Crippen LogP contribution in [0.4, 0.5) is 10.1 Å². The lowest BCUT2D eigenvalue weighted by Gasteiger charge is -2.11. The van der Waals surface area contributed by atoms with Gasteiger partial charge in [0, 0.05) is 17.4 Å². The molecule has 1 unspecified atom stereocenters. The van der Waals surface area contributed by atoms with Gasteiger partial charge >= 0.3 is 0 Å². The van der Waals surface area contributed by atoms with Crippen LogP contribution in [0.15, 0.2) is 41.3 Å². The molecule has 0 amide bonds. The van der Waals surface area contributed by atoms with Crippen LogP contribution in [-0.2, 0) is 10.8 Å². The van der Waals surface area contributed by atoms with Gasteiger partial charge in [0.05, 0.1) is 26.4 Å². The Bertz CT molecular complexity index is 630. The minimum Gasteiger partial charge on any atom is -0.396 e. The Morgan fingerprint density at radius 1 is 1.17 bits per heavy atom. The van der Waals surface area contributed by atoms with E-state index in [4.69, 9.17) is 17.3 Å². The van der Waals surface area contributed by atoms with Gasteiger partial charge in [0.1, 0.15) is 0 Å². The first-order valence-electron chi connectivity index (χ1n) is 5.18. The van der Waals surface area contributed by atoms with Crippen molar-refractivity contribution in [3.63, 3.8) is 0 Å². The third-order valence-electron chi connectivity index (χ3n) is 2.57. The summed E-state index contributed by atoms with van der Waals surface area (Å²) in [5.41, 5.74) is 6.41. The average Bonchev–Trinajstić information content (AvgIpc) is 2.32. The zero-order chi connectivity index (χ0) is 13.3. The molecule has 94 valence electrons. The maximum Gasteiger partial charge on any atom is 0.153 e. The first kappa shape index (κ1) is 13.1. The molecule has 18 heavy (non-hydrogen) atoms.